The van der Waals surface area contributed by atoms with E-state index < -0.39 is 55.0 Å². The predicted octanol–water partition coefficient (Wildman–Crippen LogP) is 5.44. The Morgan fingerprint density at radius 2 is 1.74 bits per heavy atom. The number of carbonyl (C=O) groups is 2. The number of para-hydroxylation sites is 2. The fraction of sp³-hybridized carbons (Fsp3) is 0.192. The van der Waals surface area contributed by atoms with Gasteiger partial charge in [0, 0.05) is 5.02 Å². The summed E-state index contributed by atoms with van der Waals surface area (Å²) in [4.78, 5) is 35.1. The van der Waals surface area contributed by atoms with Crippen molar-refractivity contribution >= 4 is 55.3 Å². The number of imidazole rings is 1. The molecule has 1 amide bonds. The van der Waals surface area contributed by atoms with Crippen LogP contribution >= 0.6 is 22.4 Å². The number of nitrogens with zero attached hydrogens (tertiary/aromatic N) is 2. The fourth-order valence-electron chi connectivity index (χ4n) is 4.49. The van der Waals surface area contributed by atoms with Gasteiger partial charge < -0.3 is 9.82 Å². The minimum atomic E-state index is -5.54. The van der Waals surface area contributed by atoms with Crippen molar-refractivity contribution in [3.05, 3.63) is 94.8 Å². The van der Waals surface area contributed by atoms with Crippen LogP contribution in [-0.2, 0) is 30.9 Å². The first kappa shape index (κ1) is 30.8. The molecule has 2 atom stereocenters. The summed E-state index contributed by atoms with van der Waals surface area (Å²) in [6.07, 6.45) is -6.07. The fourth-order valence-corrected chi connectivity index (χ4v) is 7.46. The van der Waals surface area contributed by atoms with Gasteiger partial charge in [0.15, 0.2) is 0 Å². The summed E-state index contributed by atoms with van der Waals surface area (Å²) in [5.74, 6) is -3.45. The number of H-pyrrole nitrogens is 1. The summed E-state index contributed by atoms with van der Waals surface area (Å²) in [7, 11) is -8.41. The van der Waals surface area contributed by atoms with Crippen molar-refractivity contribution in [3.8, 4) is 0 Å². The Hall–Kier alpha value is -3.67. The van der Waals surface area contributed by atoms with Crippen LogP contribution in [0, 0.1) is 0 Å². The Balaban J connectivity index is 1.59. The van der Waals surface area contributed by atoms with Gasteiger partial charge in [-0.2, -0.15) is 13.2 Å². The van der Waals surface area contributed by atoms with Crippen LogP contribution < -0.4 is 4.72 Å². The van der Waals surface area contributed by atoms with Gasteiger partial charge in [-0.05, 0) is 58.4 Å². The molecule has 0 aliphatic carbocycles. The highest BCUT2D eigenvalue weighted by molar-refractivity contribution is 8.23. The van der Waals surface area contributed by atoms with Crippen LogP contribution in [0.1, 0.15) is 34.7 Å². The second-order valence-electron chi connectivity index (χ2n) is 9.50. The van der Waals surface area contributed by atoms with Crippen molar-refractivity contribution in [2.45, 2.75) is 35.2 Å². The van der Waals surface area contributed by atoms with Gasteiger partial charge in [0.1, 0.15) is 17.1 Å². The summed E-state index contributed by atoms with van der Waals surface area (Å²) in [6.45, 7) is 0. The van der Waals surface area contributed by atoms with Crippen LogP contribution in [0.5, 0.6) is 0 Å². The zero-order valence-corrected chi connectivity index (χ0v) is 24.0. The lowest BCUT2D eigenvalue weighted by Gasteiger charge is -2.33. The summed E-state index contributed by atoms with van der Waals surface area (Å²) >= 11 is 5.87. The van der Waals surface area contributed by atoms with E-state index in [4.69, 9.17) is 11.6 Å². The number of hydrogen-bond acceptors (Lipinski definition) is 8. The molecule has 1 saturated heterocycles. The number of aromatic nitrogens is 2. The molecular weight excluding hydrogens is 637 g/mol. The molecule has 0 radical (unpaired) electrons. The molecule has 2 heterocycles. The largest absolute Gasteiger partial charge is 0.492 e. The van der Waals surface area contributed by atoms with Gasteiger partial charge in [-0.3, -0.25) is 18.6 Å². The molecule has 1 aliphatic rings. The highest BCUT2D eigenvalue weighted by Crippen LogP contribution is 2.56. The summed E-state index contributed by atoms with van der Waals surface area (Å²) < 4.78 is 90.2. The Labute approximate surface area is 249 Å². The smallest absolute Gasteiger partial charge is 0.344 e. The first-order valence-electron chi connectivity index (χ1n) is 12.4. The van der Waals surface area contributed by atoms with Crippen molar-refractivity contribution in [2.24, 2.45) is 0 Å². The van der Waals surface area contributed by atoms with E-state index >= 15 is 0 Å². The summed E-state index contributed by atoms with van der Waals surface area (Å²) in [6, 6.07) is 15.3. The van der Waals surface area contributed by atoms with Gasteiger partial charge in [0.25, 0.3) is 10.0 Å². The van der Waals surface area contributed by atoms with Gasteiger partial charge in [0.05, 0.1) is 22.3 Å². The number of rotatable bonds is 8. The third kappa shape index (κ3) is 6.48. The standard InChI is InChI=1S/C26H22ClF3N4O7S2/c27-17-9-11-18(12-10-17)43(39,40)34(41-25(36)26(28,29)30)21(24-31-19-3-1-2-4-20(19)32-24)13-15-5-7-16(8-6-15)22-14-23(35)33-42(22,37)38/h1-12,21-22,37-38H,13-14H2,(H,31,32)(H,33,35)/t21-,22?/m0/s1. The van der Waals surface area contributed by atoms with Crippen LogP contribution in [0.4, 0.5) is 13.2 Å². The molecule has 1 aromatic heterocycles. The molecular formula is C26H22ClF3N4O7S2. The van der Waals surface area contributed by atoms with Crippen molar-refractivity contribution in [1.82, 2.24) is 19.2 Å². The molecule has 228 valence electrons. The lowest BCUT2D eigenvalue weighted by atomic mass is 10.0. The number of carbonyl (C=O) groups excluding carboxylic acids is 2. The van der Waals surface area contributed by atoms with E-state index in [2.05, 4.69) is 19.5 Å². The maximum absolute atomic E-state index is 13.8. The zero-order chi connectivity index (χ0) is 31.2. The molecule has 0 saturated carbocycles. The lowest BCUT2D eigenvalue weighted by Crippen LogP contribution is -2.42. The minimum absolute atomic E-state index is 0.0339. The number of hydroxylamine groups is 1. The summed E-state index contributed by atoms with van der Waals surface area (Å²) in [5.41, 5.74) is 1.54. The number of alkyl halides is 3. The van der Waals surface area contributed by atoms with Crippen LogP contribution in [0.15, 0.2) is 77.7 Å². The van der Waals surface area contributed by atoms with E-state index in [-0.39, 0.29) is 28.2 Å². The third-order valence-electron chi connectivity index (χ3n) is 6.54. The zero-order valence-electron chi connectivity index (χ0n) is 21.7. The molecule has 17 heteroatoms. The molecule has 43 heavy (non-hydrogen) atoms. The van der Waals surface area contributed by atoms with Gasteiger partial charge in [0.2, 0.25) is 5.91 Å². The second kappa shape index (κ2) is 11.4. The van der Waals surface area contributed by atoms with Gasteiger partial charge in [-0.1, -0.05) is 48.0 Å². The highest BCUT2D eigenvalue weighted by Gasteiger charge is 2.47. The van der Waals surface area contributed by atoms with Gasteiger partial charge in [-0.15, -0.1) is 10.8 Å². The van der Waals surface area contributed by atoms with Crippen molar-refractivity contribution in [1.29, 1.82) is 0 Å². The molecule has 4 aromatic rings. The van der Waals surface area contributed by atoms with E-state index in [1.165, 1.54) is 36.4 Å². The molecule has 0 spiro atoms. The van der Waals surface area contributed by atoms with Crippen LogP contribution in [-0.4, -0.2) is 50.0 Å². The predicted molar refractivity (Wildman–Crippen MR) is 150 cm³/mol. The Morgan fingerprint density at radius 1 is 1.09 bits per heavy atom. The maximum atomic E-state index is 13.8. The number of nitrogens with one attached hydrogen (secondary N) is 2. The quantitative estimate of drug-likeness (QED) is 0.182. The van der Waals surface area contributed by atoms with Gasteiger partial charge in [-0.25, -0.2) is 18.2 Å². The van der Waals surface area contributed by atoms with Crippen molar-refractivity contribution in [3.63, 3.8) is 0 Å². The molecule has 1 aliphatic heterocycles. The average molecular weight is 659 g/mol. The Kier molecular flexibility index (Phi) is 8.19. The molecule has 3 aromatic carbocycles. The van der Waals surface area contributed by atoms with Crippen LogP contribution in [0.25, 0.3) is 11.0 Å². The third-order valence-corrected chi connectivity index (χ3v) is 10.2. The van der Waals surface area contributed by atoms with Crippen LogP contribution in [0.3, 0.4) is 0 Å². The lowest BCUT2D eigenvalue weighted by molar-refractivity contribution is -0.227. The SMILES string of the molecule is O=C1CC(c2ccc(C[C@@H](c3nc4ccccc4[nH]3)N(OC(=O)C(F)(F)F)S(=O)(=O)c3ccc(Cl)cc3)cc2)S(O)(O)N1. The van der Waals surface area contributed by atoms with Crippen LogP contribution in [0.2, 0.25) is 5.02 Å². The number of amides is 1. The van der Waals surface area contributed by atoms with E-state index in [9.17, 15) is 40.3 Å². The molecule has 11 nitrogen and oxygen atoms in total. The maximum Gasteiger partial charge on any atom is 0.492 e. The first-order chi connectivity index (χ1) is 20.1. The Bertz CT molecular complexity index is 1750. The molecule has 4 N–H and O–H groups in total. The number of benzene rings is 3. The number of halogens is 4. The number of aromatic amines is 1. The molecule has 1 unspecified atom stereocenters. The molecule has 0 bridgehead atoms. The molecule has 5 rings (SSSR count). The van der Waals surface area contributed by atoms with E-state index in [1.807, 2.05) is 0 Å². The highest BCUT2D eigenvalue weighted by atomic mass is 35.5. The number of fused-ring (bicyclic) bond motifs is 1. The number of sulfonamides is 1. The summed E-state index contributed by atoms with van der Waals surface area (Å²) in [5, 5.41) is -0.780. The first-order valence-corrected chi connectivity index (χ1v) is 15.8. The molecule has 1 fully saturated rings. The van der Waals surface area contributed by atoms with Gasteiger partial charge >= 0.3 is 12.1 Å². The van der Waals surface area contributed by atoms with E-state index in [0.717, 1.165) is 12.1 Å². The minimum Gasteiger partial charge on any atom is -0.344 e. The van der Waals surface area contributed by atoms with Crippen molar-refractivity contribution < 1.29 is 45.1 Å². The second-order valence-corrected chi connectivity index (χ2v) is 13.7. The van der Waals surface area contributed by atoms with E-state index in [1.54, 1.807) is 24.3 Å². The normalized spacial score (nSPS) is 18.4. The monoisotopic (exact) mass is 658 g/mol. The van der Waals surface area contributed by atoms with Crippen molar-refractivity contribution in [2.75, 3.05) is 0 Å². The Morgan fingerprint density at radius 3 is 2.33 bits per heavy atom. The average Bonchev–Trinajstić information content (AvgIpc) is 3.49. The number of hydrogen-bond donors (Lipinski definition) is 4. The van der Waals surface area contributed by atoms with E-state index in [0.29, 0.717) is 22.2 Å². The topological polar surface area (TPSA) is 162 Å².